The molecule has 4 nitrogen and oxygen atoms in total. The fourth-order valence-corrected chi connectivity index (χ4v) is 1.89. The number of hydrogen-bond acceptors (Lipinski definition) is 3. The van der Waals surface area contributed by atoms with Gasteiger partial charge in [-0.05, 0) is 25.5 Å². The number of aromatic nitrogens is 1. The van der Waals surface area contributed by atoms with Crippen LogP contribution in [0.1, 0.15) is 23.7 Å². The zero-order chi connectivity index (χ0) is 15.9. The average molecular weight is 325 g/mol. The van der Waals surface area contributed by atoms with Crippen molar-refractivity contribution in [2.45, 2.75) is 19.5 Å². The number of pyridine rings is 1. The van der Waals surface area contributed by atoms with E-state index >= 15 is 0 Å². The second kappa shape index (κ2) is 8.19. The van der Waals surface area contributed by atoms with Crippen molar-refractivity contribution in [1.82, 2.24) is 9.88 Å². The molecule has 1 heterocycles. The largest absolute Gasteiger partial charge is 0.406 e. The summed E-state index contributed by atoms with van der Waals surface area (Å²) in [6.07, 6.45) is -2.80. The molecule has 0 spiro atoms. The molecule has 0 aliphatic carbocycles. The summed E-state index contributed by atoms with van der Waals surface area (Å²) in [4.78, 5) is 16.6. The number of alkyl halides is 3. The highest BCUT2D eigenvalue weighted by molar-refractivity contribution is 6.32. The molecule has 0 aliphatic heterocycles. The van der Waals surface area contributed by atoms with Gasteiger partial charge in [0.05, 0.1) is 5.56 Å². The Balaban J connectivity index is 2.79. The van der Waals surface area contributed by atoms with Crippen LogP contribution < -0.4 is 0 Å². The molecule has 0 saturated carbocycles. The number of carbonyl (C=O) groups excluding carboxylic acids is 1. The van der Waals surface area contributed by atoms with E-state index in [2.05, 4.69) is 4.98 Å². The first-order chi connectivity index (χ1) is 9.85. The maximum absolute atomic E-state index is 12.6. The van der Waals surface area contributed by atoms with Gasteiger partial charge in [-0.2, -0.15) is 13.2 Å². The maximum Gasteiger partial charge on any atom is 0.406 e. The summed E-state index contributed by atoms with van der Waals surface area (Å²) in [5, 5.41) is -0.112. The minimum Gasteiger partial charge on any atom is -0.382 e. The Hall–Kier alpha value is -1.34. The van der Waals surface area contributed by atoms with Crippen molar-refractivity contribution in [3.8, 4) is 0 Å². The van der Waals surface area contributed by atoms with E-state index < -0.39 is 18.6 Å². The summed E-state index contributed by atoms with van der Waals surface area (Å²) in [7, 11) is 0. The smallest absolute Gasteiger partial charge is 0.382 e. The number of rotatable bonds is 7. The van der Waals surface area contributed by atoms with Gasteiger partial charge in [-0.1, -0.05) is 11.6 Å². The van der Waals surface area contributed by atoms with Gasteiger partial charge in [-0.3, -0.25) is 4.79 Å². The van der Waals surface area contributed by atoms with E-state index in [0.29, 0.717) is 24.5 Å². The van der Waals surface area contributed by atoms with Crippen molar-refractivity contribution in [1.29, 1.82) is 0 Å². The fourth-order valence-electron chi connectivity index (χ4n) is 1.69. The number of nitrogens with zero attached hydrogens (tertiary/aromatic N) is 2. The number of ether oxygens (including phenoxy) is 1. The molecule has 0 N–H and O–H groups in total. The second-order valence-corrected chi connectivity index (χ2v) is 4.59. The molecule has 0 aromatic carbocycles. The molecule has 0 unspecified atom stereocenters. The first kappa shape index (κ1) is 17.7. The zero-order valence-corrected chi connectivity index (χ0v) is 12.2. The Morgan fingerprint density at radius 2 is 2.19 bits per heavy atom. The molecule has 0 aliphatic rings. The van der Waals surface area contributed by atoms with Gasteiger partial charge >= 0.3 is 6.18 Å². The van der Waals surface area contributed by atoms with E-state index in [-0.39, 0.29) is 17.3 Å². The minimum atomic E-state index is -4.48. The standard InChI is InChI=1S/C13H16ClF3N2O2/c1-2-21-8-4-7-19(9-13(15,16)17)12(20)10-5-3-6-18-11(10)14/h3,5-6H,2,4,7-9H2,1H3. The van der Waals surface area contributed by atoms with Crippen LogP contribution in [-0.4, -0.2) is 48.3 Å². The summed E-state index contributed by atoms with van der Waals surface area (Å²) in [5.74, 6) is -0.790. The highest BCUT2D eigenvalue weighted by Gasteiger charge is 2.33. The highest BCUT2D eigenvalue weighted by Crippen LogP contribution is 2.20. The van der Waals surface area contributed by atoms with Crippen molar-refractivity contribution in [3.05, 3.63) is 29.0 Å². The molecule has 0 saturated heterocycles. The van der Waals surface area contributed by atoms with Crippen molar-refractivity contribution >= 4 is 17.5 Å². The topological polar surface area (TPSA) is 42.4 Å². The molecule has 0 atom stereocenters. The van der Waals surface area contributed by atoms with Crippen LogP contribution in [0, 0.1) is 0 Å². The van der Waals surface area contributed by atoms with Gasteiger partial charge in [0, 0.05) is 26.0 Å². The zero-order valence-electron chi connectivity index (χ0n) is 11.5. The number of halogens is 4. The molecule has 0 radical (unpaired) electrons. The van der Waals surface area contributed by atoms with Gasteiger partial charge in [0.25, 0.3) is 5.91 Å². The van der Waals surface area contributed by atoms with Gasteiger partial charge < -0.3 is 9.64 Å². The minimum absolute atomic E-state index is 0.0418. The Morgan fingerprint density at radius 1 is 1.48 bits per heavy atom. The molecule has 8 heteroatoms. The molecule has 1 rings (SSSR count). The van der Waals surface area contributed by atoms with E-state index in [1.165, 1.54) is 18.3 Å². The third-order valence-electron chi connectivity index (χ3n) is 2.57. The van der Waals surface area contributed by atoms with E-state index in [1.807, 2.05) is 0 Å². The Labute approximate surface area is 125 Å². The van der Waals surface area contributed by atoms with Gasteiger partial charge in [0.15, 0.2) is 0 Å². The van der Waals surface area contributed by atoms with Crippen LogP contribution in [0.3, 0.4) is 0 Å². The third kappa shape index (κ3) is 6.31. The average Bonchev–Trinajstić information content (AvgIpc) is 2.41. The Bertz CT molecular complexity index is 469. The predicted molar refractivity (Wildman–Crippen MR) is 72.3 cm³/mol. The summed E-state index contributed by atoms with van der Waals surface area (Å²) >= 11 is 5.75. The summed E-state index contributed by atoms with van der Waals surface area (Å²) in [6, 6.07) is 2.80. The summed E-state index contributed by atoms with van der Waals surface area (Å²) < 4.78 is 42.8. The quantitative estimate of drug-likeness (QED) is 0.571. The third-order valence-corrected chi connectivity index (χ3v) is 2.87. The lowest BCUT2D eigenvalue weighted by Gasteiger charge is -2.24. The number of carbonyl (C=O) groups is 1. The lowest BCUT2D eigenvalue weighted by molar-refractivity contribution is -0.141. The number of hydrogen-bond donors (Lipinski definition) is 0. The van der Waals surface area contributed by atoms with Crippen LogP contribution in [0.25, 0.3) is 0 Å². The fraction of sp³-hybridized carbons (Fsp3) is 0.538. The normalized spacial score (nSPS) is 11.5. The Morgan fingerprint density at radius 3 is 2.76 bits per heavy atom. The van der Waals surface area contributed by atoms with Crippen LogP contribution >= 0.6 is 11.6 Å². The molecular weight excluding hydrogens is 309 g/mol. The van der Waals surface area contributed by atoms with Crippen molar-refractivity contribution in [2.75, 3.05) is 26.3 Å². The van der Waals surface area contributed by atoms with Crippen LogP contribution in [0.2, 0.25) is 5.15 Å². The monoisotopic (exact) mass is 324 g/mol. The molecule has 118 valence electrons. The van der Waals surface area contributed by atoms with Crippen LogP contribution in [-0.2, 0) is 4.74 Å². The second-order valence-electron chi connectivity index (χ2n) is 4.23. The molecule has 1 aromatic heterocycles. The molecular formula is C13H16ClF3N2O2. The lowest BCUT2D eigenvalue weighted by Crippen LogP contribution is -2.40. The van der Waals surface area contributed by atoms with Gasteiger partial charge in [0.1, 0.15) is 11.7 Å². The highest BCUT2D eigenvalue weighted by atomic mass is 35.5. The van der Waals surface area contributed by atoms with E-state index in [9.17, 15) is 18.0 Å². The first-order valence-electron chi connectivity index (χ1n) is 6.39. The SMILES string of the molecule is CCOCCCN(CC(F)(F)F)C(=O)c1cccnc1Cl. The Kier molecular flexibility index (Phi) is 6.91. The molecule has 21 heavy (non-hydrogen) atoms. The van der Waals surface area contributed by atoms with E-state index in [4.69, 9.17) is 16.3 Å². The molecule has 0 fully saturated rings. The summed E-state index contributed by atoms with van der Waals surface area (Å²) in [6.45, 7) is 1.15. The first-order valence-corrected chi connectivity index (χ1v) is 6.77. The predicted octanol–water partition coefficient (Wildman–Crippen LogP) is 3.17. The van der Waals surface area contributed by atoms with E-state index in [0.717, 1.165) is 0 Å². The lowest BCUT2D eigenvalue weighted by atomic mass is 10.2. The van der Waals surface area contributed by atoms with E-state index in [1.54, 1.807) is 6.92 Å². The van der Waals surface area contributed by atoms with Crippen LogP contribution in [0.5, 0.6) is 0 Å². The summed E-state index contributed by atoms with van der Waals surface area (Å²) in [5.41, 5.74) is -0.0418. The molecule has 1 amide bonds. The van der Waals surface area contributed by atoms with Gasteiger partial charge in [0.2, 0.25) is 0 Å². The molecule has 0 bridgehead atoms. The maximum atomic E-state index is 12.6. The van der Waals surface area contributed by atoms with Crippen molar-refractivity contribution in [3.63, 3.8) is 0 Å². The van der Waals surface area contributed by atoms with Crippen LogP contribution in [0.4, 0.5) is 13.2 Å². The van der Waals surface area contributed by atoms with Gasteiger partial charge in [-0.15, -0.1) is 0 Å². The van der Waals surface area contributed by atoms with Crippen molar-refractivity contribution in [2.24, 2.45) is 0 Å². The molecule has 1 aromatic rings. The van der Waals surface area contributed by atoms with Crippen LogP contribution in [0.15, 0.2) is 18.3 Å². The number of amides is 1. The van der Waals surface area contributed by atoms with Gasteiger partial charge in [-0.25, -0.2) is 4.98 Å². The van der Waals surface area contributed by atoms with Crippen molar-refractivity contribution < 1.29 is 22.7 Å².